The molecule has 2 aromatic heterocycles. The lowest BCUT2D eigenvalue weighted by atomic mass is 9.90. The summed E-state index contributed by atoms with van der Waals surface area (Å²) in [6.07, 6.45) is 0. The topological polar surface area (TPSA) is 38.7 Å². The summed E-state index contributed by atoms with van der Waals surface area (Å²) < 4.78 is 2.41. The van der Waals surface area contributed by atoms with Gasteiger partial charge in [-0.25, -0.2) is 15.0 Å². The third kappa shape index (κ3) is 5.53. The molecule has 0 N–H and O–H groups in total. The predicted octanol–water partition coefficient (Wildman–Crippen LogP) is 15.2. The van der Waals surface area contributed by atoms with Crippen molar-refractivity contribution in [3.05, 3.63) is 200 Å². The van der Waals surface area contributed by atoms with Crippen molar-refractivity contribution in [2.45, 2.75) is 0 Å². The van der Waals surface area contributed by atoms with Crippen LogP contribution in [0.1, 0.15) is 0 Å². The van der Waals surface area contributed by atoms with Crippen LogP contribution in [-0.2, 0) is 0 Å². The van der Waals surface area contributed by atoms with Crippen molar-refractivity contribution in [2.24, 2.45) is 0 Å². The highest BCUT2D eigenvalue weighted by molar-refractivity contribution is 7.26. The van der Waals surface area contributed by atoms with E-state index in [1.165, 1.54) is 58.1 Å². The second-order valence-corrected chi connectivity index (χ2v) is 16.1. The molecule has 0 amide bonds. The predicted molar refractivity (Wildman–Crippen MR) is 250 cm³/mol. The van der Waals surface area contributed by atoms with E-state index in [0.717, 1.165) is 44.2 Å². The molecule has 0 saturated heterocycles. The third-order valence-corrected chi connectivity index (χ3v) is 13.0. The van der Waals surface area contributed by atoms with Crippen LogP contribution < -0.4 is 0 Å². The fourth-order valence-electron chi connectivity index (χ4n) is 8.95. The van der Waals surface area contributed by atoms with Gasteiger partial charge in [0.25, 0.3) is 0 Å². The summed E-state index contributed by atoms with van der Waals surface area (Å²) in [6, 6.07) is 71.6. The van der Waals surface area contributed by atoms with Crippen LogP contribution in [0.15, 0.2) is 200 Å². The SMILES string of the molecule is c1ccc2c(-c3ccc4ccccc4c3-c3nc(-c4ccc(-c5cc6ccccc6c6ccccc56)cc4)nc(-c4cccc5c4sc4ccccc45)n3)cccc2c1. The van der Waals surface area contributed by atoms with E-state index >= 15 is 0 Å². The van der Waals surface area contributed by atoms with Gasteiger partial charge in [-0.1, -0.05) is 182 Å². The first kappa shape index (κ1) is 33.6. The molecule has 0 aliphatic heterocycles. The zero-order valence-corrected chi connectivity index (χ0v) is 32.6. The fourth-order valence-corrected chi connectivity index (χ4v) is 10.2. The van der Waals surface area contributed by atoms with Gasteiger partial charge in [-0.05, 0) is 83.5 Å². The highest BCUT2D eigenvalue weighted by Gasteiger charge is 2.21. The van der Waals surface area contributed by atoms with Crippen molar-refractivity contribution in [2.75, 3.05) is 0 Å². The summed E-state index contributed by atoms with van der Waals surface area (Å²) in [5.41, 5.74) is 7.50. The van der Waals surface area contributed by atoms with Gasteiger partial charge in [-0.2, -0.15) is 0 Å². The summed E-state index contributed by atoms with van der Waals surface area (Å²) in [4.78, 5) is 16.2. The van der Waals surface area contributed by atoms with Crippen LogP contribution in [0, 0.1) is 0 Å². The molecule has 0 unspecified atom stereocenters. The number of aromatic nitrogens is 3. The van der Waals surface area contributed by atoms with Gasteiger partial charge in [0.2, 0.25) is 0 Å². The minimum Gasteiger partial charge on any atom is -0.208 e. The average Bonchev–Trinajstić information content (AvgIpc) is 3.70. The maximum Gasteiger partial charge on any atom is 0.165 e. The molecule has 0 saturated carbocycles. The van der Waals surface area contributed by atoms with E-state index in [-0.39, 0.29) is 0 Å². The molecular weight excluding hydrogens is 735 g/mol. The van der Waals surface area contributed by atoms with Crippen molar-refractivity contribution in [1.29, 1.82) is 0 Å². The molecule has 2 heterocycles. The Kier molecular flexibility index (Phi) is 7.72. The first-order valence-electron chi connectivity index (χ1n) is 19.9. The zero-order chi connectivity index (χ0) is 38.9. The minimum absolute atomic E-state index is 0.634. The van der Waals surface area contributed by atoms with Crippen molar-refractivity contribution in [3.8, 4) is 56.4 Å². The van der Waals surface area contributed by atoms with Crippen molar-refractivity contribution in [3.63, 3.8) is 0 Å². The van der Waals surface area contributed by atoms with E-state index in [9.17, 15) is 0 Å². The van der Waals surface area contributed by atoms with E-state index in [1.807, 2.05) is 0 Å². The molecule has 3 nitrogen and oxygen atoms in total. The van der Waals surface area contributed by atoms with Gasteiger partial charge in [-0.3, -0.25) is 0 Å². The molecule has 59 heavy (non-hydrogen) atoms. The van der Waals surface area contributed by atoms with Gasteiger partial charge in [0.05, 0.1) is 0 Å². The average molecular weight is 768 g/mol. The summed E-state index contributed by atoms with van der Waals surface area (Å²) in [7, 11) is 0. The van der Waals surface area contributed by atoms with Crippen LogP contribution in [0.25, 0.3) is 120 Å². The lowest BCUT2D eigenvalue weighted by Crippen LogP contribution is -2.02. The molecule has 0 aliphatic carbocycles. The van der Waals surface area contributed by atoms with Gasteiger partial charge >= 0.3 is 0 Å². The van der Waals surface area contributed by atoms with Crippen molar-refractivity contribution < 1.29 is 0 Å². The number of hydrogen-bond acceptors (Lipinski definition) is 4. The lowest BCUT2D eigenvalue weighted by Gasteiger charge is -2.16. The second-order valence-electron chi connectivity index (χ2n) is 15.1. The number of rotatable bonds is 5. The van der Waals surface area contributed by atoms with E-state index in [2.05, 4.69) is 200 Å². The first-order valence-corrected chi connectivity index (χ1v) is 20.8. The molecule has 274 valence electrons. The lowest BCUT2D eigenvalue weighted by molar-refractivity contribution is 1.08. The normalized spacial score (nSPS) is 11.7. The molecule has 12 rings (SSSR count). The largest absolute Gasteiger partial charge is 0.208 e. The maximum absolute atomic E-state index is 5.45. The van der Waals surface area contributed by atoms with Crippen LogP contribution in [0.5, 0.6) is 0 Å². The highest BCUT2D eigenvalue weighted by atomic mass is 32.1. The van der Waals surface area contributed by atoms with E-state index < -0.39 is 0 Å². The van der Waals surface area contributed by atoms with Gasteiger partial charge in [-0.15, -0.1) is 11.3 Å². The molecule has 0 atom stereocenters. The molecule has 0 aliphatic rings. The van der Waals surface area contributed by atoms with Crippen molar-refractivity contribution in [1.82, 2.24) is 15.0 Å². The molecule has 0 spiro atoms. The minimum atomic E-state index is 0.634. The zero-order valence-electron chi connectivity index (χ0n) is 31.8. The van der Waals surface area contributed by atoms with Crippen LogP contribution in [0.3, 0.4) is 0 Å². The van der Waals surface area contributed by atoms with Crippen LogP contribution in [0.2, 0.25) is 0 Å². The summed E-state index contributed by atoms with van der Waals surface area (Å²) in [5.74, 6) is 1.94. The molecule has 0 radical (unpaired) electrons. The van der Waals surface area contributed by atoms with Crippen LogP contribution >= 0.6 is 11.3 Å². The summed E-state index contributed by atoms with van der Waals surface area (Å²) in [6.45, 7) is 0. The first-order chi connectivity index (χ1) is 29.2. The standard InChI is InChI=1S/C55H33N3S/c1-4-17-39-34(13-1)16-11-23-43(39)46-32-31-35-14-2-6-19-41(35)51(46)55-57-53(56-54(58-55)48-25-12-24-47-45-22-9-10-26-50(45)59-52(47)48)37-29-27-36(28-30-37)49-33-38-15-3-5-18-40(38)42-20-7-8-21-44(42)49/h1-33H. The maximum atomic E-state index is 5.45. The molecule has 12 aromatic rings. The van der Waals surface area contributed by atoms with E-state index in [4.69, 9.17) is 15.0 Å². The Morgan fingerprint density at radius 3 is 1.68 bits per heavy atom. The number of nitrogens with zero attached hydrogens (tertiary/aromatic N) is 3. The Hall–Kier alpha value is -7.53. The van der Waals surface area contributed by atoms with Crippen LogP contribution in [0.4, 0.5) is 0 Å². The molecule has 0 bridgehead atoms. The van der Waals surface area contributed by atoms with Gasteiger partial charge < -0.3 is 0 Å². The Bertz CT molecular complexity index is 3620. The second kappa shape index (κ2) is 13.6. The monoisotopic (exact) mass is 767 g/mol. The van der Waals surface area contributed by atoms with Gasteiger partial charge in [0.15, 0.2) is 17.5 Å². The number of fused-ring (bicyclic) bond motifs is 8. The van der Waals surface area contributed by atoms with Crippen molar-refractivity contribution >= 4 is 74.6 Å². The Morgan fingerprint density at radius 2 is 0.847 bits per heavy atom. The number of hydrogen-bond donors (Lipinski definition) is 0. The summed E-state index contributed by atoms with van der Waals surface area (Å²) >= 11 is 1.79. The number of thiophene rings is 1. The smallest absolute Gasteiger partial charge is 0.165 e. The van der Waals surface area contributed by atoms with Gasteiger partial charge in [0, 0.05) is 36.9 Å². The Balaban J connectivity index is 1.10. The molecule has 10 aromatic carbocycles. The molecule has 4 heteroatoms. The highest BCUT2D eigenvalue weighted by Crippen LogP contribution is 2.43. The quantitative estimate of drug-likeness (QED) is 0.164. The Morgan fingerprint density at radius 1 is 0.288 bits per heavy atom. The fraction of sp³-hybridized carbons (Fsp3) is 0. The van der Waals surface area contributed by atoms with Crippen LogP contribution in [-0.4, -0.2) is 15.0 Å². The third-order valence-electron chi connectivity index (χ3n) is 11.7. The number of benzene rings is 10. The Labute approximate surface area is 344 Å². The molecule has 0 fully saturated rings. The van der Waals surface area contributed by atoms with E-state index in [0.29, 0.717) is 17.5 Å². The molecular formula is C55H33N3S. The van der Waals surface area contributed by atoms with Gasteiger partial charge in [0.1, 0.15) is 0 Å². The summed E-state index contributed by atoms with van der Waals surface area (Å²) in [5, 5.41) is 12.0. The van der Waals surface area contributed by atoms with E-state index in [1.54, 1.807) is 11.3 Å².